The molecule has 0 atom stereocenters. The van der Waals surface area contributed by atoms with Gasteiger partial charge in [-0.2, -0.15) is 0 Å². The summed E-state index contributed by atoms with van der Waals surface area (Å²) in [6, 6.07) is 46.6. The van der Waals surface area contributed by atoms with Crippen molar-refractivity contribution in [1.82, 2.24) is 0 Å². The summed E-state index contributed by atoms with van der Waals surface area (Å²) < 4.78 is 0. The van der Waals surface area contributed by atoms with Gasteiger partial charge >= 0.3 is 0 Å². The smallest absolute Gasteiger partial charge is 0.0547 e. The monoisotopic (exact) mass is 601 g/mol. The molecule has 0 aliphatic rings. The Bertz CT molecular complexity index is 1550. The lowest BCUT2D eigenvalue weighted by atomic mass is 10.1. The molecule has 6 aromatic carbocycles. The lowest BCUT2D eigenvalue weighted by molar-refractivity contribution is 1.61. The van der Waals surface area contributed by atoms with Crippen molar-refractivity contribution < 1.29 is 0 Å². The van der Waals surface area contributed by atoms with Gasteiger partial charge in [-0.3, -0.25) is 0 Å². The molecule has 0 aliphatic carbocycles. The van der Waals surface area contributed by atoms with Crippen LogP contribution < -0.4 is 51.6 Å². The summed E-state index contributed by atoms with van der Waals surface area (Å²) in [5.74, 6) is 0. The second-order valence-corrected chi connectivity index (χ2v) is 9.62. The van der Waals surface area contributed by atoms with E-state index in [0.29, 0.717) is 22.7 Å². The van der Waals surface area contributed by atoms with E-state index in [1.807, 2.05) is 97.1 Å². The molecule has 232 valence electrons. The van der Waals surface area contributed by atoms with Crippen molar-refractivity contribution in [1.29, 1.82) is 0 Å². The molecule has 0 radical (unpaired) electrons. The first-order valence-corrected chi connectivity index (χ1v) is 13.9. The van der Waals surface area contributed by atoms with E-state index < -0.39 is 0 Å². The van der Waals surface area contributed by atoms with Crippen molar-refractivity contribution in [2.45, 2.75) is 0 Å². The molecular weight excluding hydrogens is 558 g/mol. The third-order valence-corrected chi connectivity index (χ3v) is 5.80. The molecule has 0 saturated carbocycles. The van der Waals surface area contributed by atoms with E-state index >= 15 is 0 Å². The molecule has 9 nitrogen and oxygen atoms in total. The van der Waals surface area contributed by atoms with Gasteiger partial charge in [-0.25, -0.2) is 0 Å². The van der Waals surface area contributed by atoms with Crippen LogP contribution in [0.1, 0.15) is 0 Å². The van der Waals surface area contributed by atoms with Crippen LogP contribution in [0.4, 0.5) is 51.2 Å². The number of rotatable bonds is 1. The lowest BCUT2D eigenvalue weighted by Gasteiger charge is -2.02. The maximum Gasteiger partial charge on any atom is 0.0547 e. The molecule has 0 unspecified atom stereocenters. The molecule has 6 aromatic rings. The summed E-state index contributed by atoms with van der Waals surface area (Å²) in [6.45, 7) is 0. The Labute approximate surface area is 265 Å². The quantitative estimate of drug-likeness (QED) is 0.0954. The average molecular weight is 602 g/mol. The Kier molecular flexibility index (Phi) is 14.5. The van der Waals surface area contributed by atoms with Crippen LogP contribution in [-0.2, 0) is 0 Å². The van der Waals surface area contributed by atoms with Gasteiger partial charge in [-0.05, 0) is 102 Å². The van der Waals surface area contributed by atoms with E-state index in [-0.39, 0.29) is 0 Å². The molecule has 0 aliphatic heterocycles. The second kappa shape index (κ2) is 18.9. The zero-order valence-electron chi connectivity index (χ0n) is 25.1. The highest BCUT2D eigenvalue weighted by Gasteiger charge is 1.96. The van der Waals surface area contributed by atoms with Gasteiger partial charge in [0.15, 0.2) is 0 Å². The number of hydrogen-bond donors (Lipinski definition) is 9. The van der Waals surface area contributed by atoms with Crippen LogP contribution in [0.5, 0.6) is 0 Å². The highest BCUT2D eigenvalue weighted by atomic mass is 14.7. The summed E-state index contributed by atoms with van der Waals surface area (Å²) >= 11 is 0. The second-order valence-electron chi connectivity index (χ2n) is 9.62. The molecule has 0 bridgehead atoms. The van der Waals surface area contributed by atoms with Crippen molar-refractivity contribution in [2.24, 2.45) is 0 Å². The Morgan fingerprint density at radius 3 is 0.733 bits per heavy atom. The number of anilines is 9. The normalized spacial score (nSPS) is 9.24. The SMILES string of the molecule is Nc1ccc(-c2ccc(N)cc2)cc1.Nc1ccc(N)cc1.Nc1cccc(N)c1.Nc1ccccc1.Nc1ccccc1N. The van der Waals surface area contributed by atoms with Crippen LogP contribution in [0.2, 0.25) is 0 Å². The Morgan fingerprint density at radius 1 is 0.222 bits per heavy atom. The molecule has 0 spiro atoms. The van der Waals surface area contributed by atoms with E-state index in [1.165, 1.54) is 0 Å². The van der Waals surface area contributed by atoms with Gasteiger partial charge in [0.25, 0.3) is 0 Å². The van der Waals surface area contributed by atoms with Gasteiger partial charge in [0.1, 0.15) is 0 Å². The molecule has 0 heterocycles. The van der Waals surface area contributed by atoms with E-state index in [0.717, 1.165) is 39.6 Å². The van der Waals surface area contributed by atoms with E-state index in [1.54, 1.807) is 54.6 Å². The fourth-order valence-corrected chi connectivity index (χ4v) is 3.37. The van der Waals surface area contributed by atoms with Crippen molar-refractivity contribution in [3.63, 3.8) is 0 Å². The minimum absolute atomic E-state index is 0.646. The van der Waals surface area contributed by atoms with Crippen molar-refractivity contribution in [3.8, 4) is 11.1 Å². The number of nitrogen functional groups attached to an aromatic ring is 9. The van der Waals surface area contributed by atoms with Crippen molar-refractivity contribution in [2.75, 3.05) is 51.6 Å². The summed E-state index contributed by atoms with van der Waals surface area (Å²) in [6.07, 6.45) is 0. The van der Waals surface area contributed by atoms with Gasteiger partial charge in [0.05, 0.1) is 11.4 Å². The Morgan fingerprint density at radius 2 is 0.489 bits per heavy atom. The fraction of sp³-hybridized carbons (Fsp3) is 0. The number of para-hydroxylation sites is 3. The molecule has 6 rings (SSSR count). The molecule has 0 saturated heterocycles. The predicted octanol–water partition coefficient (Wildman–Crippen LogP) is 6.34. The standard InChI is InChI=1S/C12H12N2.3C6H8N2.C6H7N/c13-11-5-1-9(2-6-11)10-3-7-12(14)8-4-10;7-5-1-2-6(8)4-3-5;7-5-2-1-3-6(8)4-5;7-5-3-1-2-4-6(5)8;7-6-4-2-1-3-5-6/h1-8H,13-14H2;3*1-4H,7-8H2;1-5H,7H2. The van der Waals surface area contributed by atoms with E-state index in [9.17, 15) is 0 Å². The molecule has 0 aromatic heterocycles. The van der Waals surface area contributed by atoms with Crippen molar-refractivity contribution in [3.05, 3.63) is 152 Å². The Balaban J connectivity index is 0.000000202. The molecular formula is C36H43N9. The van der Waals surface area contributed by atoms with Crippen LogP contribution in [-0.4, -0.2) is 0 Å². The molecule has 9 heteroatoms. The molecule has 0 amide bonds. The molecule has 18 N–H and O–H groups in total. The van der Waals surface area contributed by atoms with Gasteiger partial charge in [0, 0.05) is 39.8 Å². The third-order valence-electron chi connectivity index (χ3n) is 5.80. The van der Waals surface area contributed by atoms with Gasteiger partial charge in [-0.15, -0.1) is 0 Å². The highest BCUT2D eigenvalue weighted by molar-refractivity contribution is 5.67. The average Bonchev–Trinajstić information content (AvgIpc) is 3.03. The molecule has 45 heavy (non-hydrogen) atoms. The zero-order chi connectivity index (χ0) is 33.0. The van der Waals surface area contributed by atoms with Gasteiger partial charge in [-0.1, -0.05) is 60.7 Å². The minimum Gasteiger partial charge on any atom is -0.399 e. The van der Waals surface area contributed by atoms with Crippen molar-refractivity contribution >= 4 is 51.2 Å². The highest BCUT2D eigenvalue weighted by Crippen LogP contribution is 2.21. The summed E-state index contributed by atoms with van der Waals surface area (Å²) in [5.41, 5.74) is 57.8. The number of benzene rings is 6. The lowest BCUT2D eigenvalue weighted by Crippen LogP contribution is -1.91. The van der Waals surface area contributed by atoms with Crippen LogP contribution in [0, 0.1) is 0 Å². The molecule has 0 fully saturated rings. The maximum absolute atomic E-state index is 5.61. The largest absolute Gasteiger partial charge is 0.399 e. The summed E-state index contributed by atoms with van der Waals surface area (Å²) in [7, 11) is 0. The van der Waals surface area contributed by atoms with E-state index in [4.69, 9.17) is 51.6 Å². The van der Waals surface area contributed by atoms with Crippen LogP contribution in [0.3, 0.4) is 0 Å². The summed E-state index contributed by atoms with van der Waals surface area (Å²) in [4.78, 5) is 0. The first-order chi connectivity index (χ1) is 21.5. The van der Waals surface area contributed by atoms with Crippen LogP contribution in [0.15, 0.2) is 152 Å². The van der Waals surface area contributed by atoms with Crippen LogP contribution in [0.25, 0.3) is 11.1 Å². The number of hydrogen-bond acceptors (Lipinski definition) is 9. The van der Waals surface area contributed by atoms with E-state index in [2.05, 4.69) is 0 Å². The first-order valence-electron chi connectivity index (χ1n) is 13.9. The summed E-state index contributed by atoms with van der Waals surface area (Å²) in [5, 5.41) is 0. The third kappa shape index (κ3) is 14.8. The van der Waals surface area contributed by atoms with Gasteiger partial charge in [0.2, 0.25) is 0 Å². The zero-order valence-corrected chi connectivity index (χ0v) is 25.1. The predicted molar refractivity (Wildman–Crippen MR) is 197 cm³/mol. The van der Waals surface area contributed by atoms with Crippen LogP contribution >= 0.6 is 0 Å². The first kappa shape index (κ1) is 34.7. The topological polar surface area (TPSA) is 234 Å². The van der Waals surface area contributed by atoms with Gasteiger partial charge < -0.3 is 51.6 Å². The Hall–Kier alpha value is -6.48. The number of nitrogens with two attached hydrogens (primary N) is 9. The maximum atomic E-state index is 5.61. The fourth-order valence-electron chi connectivity index (χ4n) is 3.37. The minimum atomic E-state index is 0.646.